The Balaban J connectivity index is 4.75. The van der Waals surface area contributed by atoms with E-state index in [2.05, 4.69) is 0 Å². The predicted octanol–water partition coefficient (Wildman–Crippen LogP) is 4.88. The van der Waals surface area contributed by atoms with E-state index in [9.17, 15) is 8.78 Å². The van der Waals surface area contributed by atoms with Crippen LogP contribution in [0, 0.1) is 10.8 Å². The molecule has 0 heterocycles. The molecular weight excluding hydrogens is 182 g/mol. The van der Waals surface area contributed by atoms with Gasteiger partial charge in [-0.15, -0.1) is 0 Å². The minimum absolute atomic E-state index is 0.0296. The van der Waals surface area contributed by atoms with Gasteiger partial charge in [0.15, 0.2) is 0 Å². The number of rotatable bonds is 4. The Morgan fingerprint density at radius 2 is 1.21 bits per heavy atom. The van der Waals surface area contributed by atoms with Crippen molar-refractivity contribution in [3.8, 4) is 0 Å². The highest BCUT2D eigenvalue weighted by Crippen LogP contribution is 2.48. The summed E-state index contributed by atoms with van der Waals surface area (Å²) in [4.78, 5) is 0. The summed E-state index contributed by atoms with van der Waals surface area (Å²) >= 11 is 0. The fourth-order valence-electron chi connectivity index (χ4n) is 1.65. The first-order valence-corrected chi connectivity index (χ1v) is 5.46. The van der Waals surface area contributed by atoms with Gasteiger partial charge in [0.05, 0.1) is 0 Å². The van der Waals surface area contributed by atoms with Gasteiger partial charge in [-0.25, -0.2) is 8.78 Å². The lowest BCUT2D eigenvalue weighted by Gasteiger charge is -2.39. The monoisotopic (exact) mass is 206 g/mol. The average Bonchev–Trinajstić information content (AvgIpc) is 1.98. The van der Waals surface area contributed by atoms with Gasteiger partial charge in [0.1, 0.15) is 0 Å². The van der Waals surface area contributed by atoms with Gasteiger partial charge in [0, 0.05) is 11.8 Å². The SMILES string of the molecule is CCC(C)(CC)C(F)(F)CC(C)(C)C. The van der Waals surface area contributed by atoms with Gasteiger partial charge in [0.25, 0.3) is 5.92 Å². The lowest BCUT2D eigenvalue weighted by molar-refractivity contribution is -0.140. The first-order valence-electron chi connectivity index (χ1n) is 5.46. The van der Waals surface area contributed by atoms with Crippen molar-refractivity contribution in [2.45, 2.75) is 66.7 Å². The van der Waals surface area contributed by atoms with E-state index in [4.69, 9.17) is 0 Å². The van der Waals surface area contributed by atoms with Gasteiger partial charge in [-0.1, -0.05) is 41.5 Å². The Kier molecular flexibility index (Phi) is 4.12. The summed E-state index contributed by atoms with van der Waals surface area (Å²) in [6.45, 7) is 11.0. The van der Waals surface area contributed by atoms with E-state index in [1.54, 1.807) is 6.92 Å². The maximum atomic E-state index is 14.0. The van der Waals surface area contributed by atoms with Crippen LogP contribution in [0.25, 0.3) is 0 Å². The summed E-state index contributed by atoms with van der Waals surface area (Å²) in [6, 6.07) is 0. The van der Waals surface area contributed by atoms with Crippen molar-refractivity contribution < 1.29 is 8.78 Å². The smallest absolute Gasteiger partial charge is 0.206 e. The summed E-state index contributed by atoms with van der Waals surface area (Å²) in [6.07, 6.45) is 1.04. The molecule has 0 aromatic heterocycles. The molecule has 0 rings (SSSR count). The summed E-state index contributed by atoms with van der Waals surface area (Å²) in [7, 11) is 0. The van der Waals surface area contributed by atoms with Crippen LogP contribution >= 0.6 is 0 Å². The van der Waals surface area contributed by atoms with Gasteiger partial charge >= 0.3 is 0 Å². The average molecular weight is 206 g/mol. The lowest BCUT2D eigenvalue weighted by Crippen LogP contribution is -2.41. The van der Waals surface area contributed by atoms with Gasteiger partial charge in [-0.2, -0.15) is 0 Å². The summed E-state index contributed by atoms with van der Waals surface area (Å²) in [5.74, 6) is -2.56. The number of hydrogen-bond donors (Lipinski definition) is 0. The van der Waals surface area contributed by atoms with Crippen LogP contribution in [0.2, 0.25) is 0 Å². The predicted molar refractivity (Wildman–Crippen MR) is 57.7 cm³/mol. The molecule has 0 saturated carbocycles. The Morgan fingerprint density at radius 3 is 1.43 bits per heavy atom. The van der Waals surface area contributed by atoms with E-state index in [0.717, 1.165) is 0 Å². The van der Waals surface area contributed by atoms with Crippen LogP contribution in [0.4, 0.5) is 8.78 Å². The van der Waals surface area contributed by atoms with E-state index < -0.39 is 11.3 Å². The molecule has 0 fully saturated rings. The minimum Gasteiger partial charge on any atom is -0.206 e. The van der Waals surface area contributed by atoms with Crippen LogP contribution in [0.1, 0.15) is 60.8 Å². The molecule has 0 aliphatic carbocycles. The van der Waals surface area contributed by atoms with E-state index >= 15 is 0 Å². The third-order valence-corrected chi connectivity index (χ3v) is 3.20. The van der Waals surface area contributed by atoms with Gasteiger partial charge in [0.2, 0.25) is 0 Å². The van der Waals surface area contributed by atoms with Gasteiger partial charge in [-0.3, -0.25) is 0 Å². The van der Waals surface area contributed by atoms with Crippen LogP contribution in [-0.4, -0.2) is 5.92 Å². The zero-order chi connectivity index (χ0) is 11.6. The van der Waals surface area contributed by atoms with Crippen molar-refractivity contribution >= 4 is 0 Å². The molecule has 0 radical (unpaired) electrons. The molecule has 0 aromatic rings. The van der Waals surface area contributed by atoms with Crippen molar-refractivity contribution in [1.29, 1.82) is 0 Å². The first kappa shape index (κ1) is 13.9. The van der Waals surface area contributed by atoms with Gasteiger partial charge < -0.3 is 0 Å². The molecular formula is C12H24F2. The largest absolute Gasteiger partial charge is 0.253 e. The molecule has 0 bridgehead atoms. The number of alkyl halides is 2. The second-order valence-corrected chi connectivity index (χ2v) is 5.71. The van der Waals surface area contributed by atoms with Crippen LogP contribution in [0.15, 0.2) is 0 Å². The van der Waals surface area contributed by atoms with Gasteiger partial charge in [-0.05, 0) is 18.3 Å². The Morgan fingerprint density at radius 1 is 0.857 bits per heavy atom. The Bertz CT molecular complexity index is 173. The number of hydrogen-bond acceptors (Lipinski definition) is 0. The zero-order valence-electron chi connectivity index (χ0n) is 10.4. The van der Waals surface area contributed by atoms with Crippen molar-refractivity contribution in [1.82, 2.24) is 0 Å². The highest BCUT2D eigenvalue weighted by atomic mass is 19.3. The third kappa shape index (κ3) is 3.21. The van der Waals surface area contributed by atoms with Crippen LogP contribution in [0.5, 0.6) is 0 Å². The molecule has 0 nitrogen and oxygen atoms in total. The summed E-state index contributed by atoms with van der Waals surface area (Å²) in [5, 5.41) is 0. The second-order valence-electron chi connectivity index (χ2n) is 5.71. The summed E-state index contributed by atoms with van der Waals surface area (Å²) < 4.78 is 27.9. The van der Waals surface area contributed by atoms with E-state index in [1.165, 1.54) is 0 Å². The Hall–Kier alpha value is -0.140. The molecule has 0 amide bonds. The van der Waals surface area contributed by atoms with Crippen LogP contribution < -0.4 is 0 Å². The minimum atomic E-state index is -2.56. The van der Waals surface area contributed by atoms with Crippen molar-refractivity contribution in [3.05, 3.63) is 0 Å². The molecule has 0 aromatic carbocycles. The highest BCUT2D eigenvalue weighted by molar-refractivity contribution is 4.89. The molecule has 2 heteroatoms. The zero-order valence-corrected chi connectivity index (χ0v) is 10.4. The fourth-order valence-corrected chi connectivity index (χ4v) is 1.65. The molecule has 0 N–H and O–H groups in total. The molecule has 14 heavy (non-hydrogen) atoms. The van der Waals surface area contributed by atoms with E-state index in [0.29, 0.717) is 12.8 Å². The van der Waals surface area contributed by atoms with Crippen LogP contribution in [0.3, 0.4) is 0 Å². The second kappa shape index (κ2) is 4.16. The standard InChI is InChI=1S/C12H24F2/c1-7-11(6,8-2)12(13,14)9-10(3,4)5/h7-9H2,1-6H3. The normalized spacial score (nSPS) is 14.6. The van der Waals surface area contributed by atoms with Crippen molar-refractivity contribution in [2.75, 3.05) is 0 Å². The van der Waals surface area contributed by atoms with Crippen molar-refractivity contribution in [2.24, 2.45) is 10.8 Å². The molecule has 86 valence electrons. The van der Waals surface area contributed by atoms with E-state index in [1.807, 2.05) is 34.6 Å². The lowest BCUT2D eigenvalue weighted by atomic mass is 9.72. The molecule has 0 unspecified atom stereocenters. The molecule has 0 aliphatic rings. The summed E-state index contributed by atoms with van der Waals surface area (Å²) in [5.41, 5.74) is -1.16. The first-order chi connectivity index (χ1) is 6.08. The quantitative estimate of drug-likeness (QED) is 0.614. The number of halogens is 2. The van der Waals surface area contributed by atoms with E-state index in [-0.39, 0.29) is 11.8 Å². The molecule has 0 aliphatic heterocycles. The van der Waals surface area contributed by atoms with Crippen LogP contribution in [-0.2, 0) is 0 Å². The molecule has 0 atom stereocenters. The topological polar surface area (TPSA) is 0 Å². The maximum absolute atomic E-state index is 14.0. The molecule has 0 spiro atoms. The highest BCUT2D eigenvalue weighted by Gasteiger charge is 2.49. The molecule has 0 saturated heterocycles. The fraction of sp³-hybridized carbons (Fsp3) is 1.00. The van der Waals surface area contributed by atoms with Crippen molar-refractivity contribution in [3.63, 3.8) is 0 Å². The Labute approximate surface area is 87.1 Å². The third-order valence-electron chi connectivity index (χ3n) is 3.20. The maximum Gasteiger partial charge on any atom is 0.253 e.